The molecule has 2 rings (SSSR count). The van der Waals surface area contributed by atoms with Crippen molar-refractivity contribution >= 4 is 28.5 Å². The predicted octanol–water partition coefficient (Wildman–Crippen LogP) is 1.48. The summed E-state index contributed by atoms with van der Waals surface area (Å²) < 4.78 is 0. The van der Waals surface area contributed by atoms with Crippen LogP contribution in [0.3, 0.4) is 0 Å². The van der Waals surface area contributed by atoms with Gasteiger partial charge in [-0.1, -0.05) is 24.7 Å². The molecule has 1 fully saturated rings. The van der Waals surface area contributed by atoms with Gasteiger partial charge in [-0.3, -0.25) is 10.1 Å². The number of aryl methyl sites for hydroxylation is 1. The van der Waals surface area contributed by atoms with E-state index in [0.717, 1.165) is 17.8 Å². The van der Waals surface area contributed by atoms with Gasteiger partial charge in [-0.25, -0.2) is 4.79 Å². The molecule has 1 aromatic heterocycles. The van der Waals surface area contributed by atoms with Crippen molar-refractivity contribution in [3.63, 3.8) is 0 Å². The summed E-state index contributed by atoms with van der Waals surface area (Å²) >= 11 is 1.31. The van der Waals surface area contributed by atoms with Crippen LogP contribution in [0.2, 0.25) is 0 Å². The molecule has 0 radical (unpaired) electrons. The molecule has 0 aliphatic heterocycles. The van der Waals surface area contributed by atoms with Gasteiger partial charge in [0.15, 0.2) is 0 Å². The first kappa shape index (κ1) is 13.7. The summed E-state index contributed by atoms with van der Waals surface area (Å²) in [5.41, 5.74) is -0.785. The second-order valence-corrected chi connectivity index (χ2v) is 5.66. The van der Waals surface area contributed by atoms with Crippen LogP contribution >= 0.6 is 11.3 Å². The Morgan fingerprint density at radius 2 is 2.16 bits per heavy atom. The Hall–Kier alpha value is -1.70. The normalized spacial score (nSPS) is 16.5. The lowest BCUT2D eigenvalue weighted by atomic mass is 9.69. The predicted molar refractivity (Wildman–Crippen MR) is 70.2 cm³/mol. The van der Waals surface area contributed by atoms with Gasteiger partial charge in [0.25, 0.3) is 0 Å². The van der Waals surface area contributed by atoms with E-state index in [1.165, 1.54) is 11.3 Å². The minimum Gasteiger partial charge on any atom is -0.481 e. The summed E-state index contributed by atoms with van der Waals surface area (Å²) in [6.45, 7) is 2.10. The van der Waals surface area contributed by atoms with E-state index in [1.807, 2.05) is 6.92 Å². The standard InChI is InChI=1S/C11H16N4O3S/c1-2-7-14-15-10(19-7)13-9(18)12-6-11(8(16)17)4-3-5-11/h2-6H2,1H3,(H,16,17)(H2,12,13,15,18). The molecular weight excluding hydrogens is 268 g/mol. The highest BCUT2D eigenvalue weighted by atomic mass is 32.1. The Bertz CT molecular complexity index is 484. The fourth-order valence-corrected chi connectivity index (χ4v) is 2.58. The van der Waals surface area contributed by atoms with Crippen molar-refractivity contribution in [3.05, 3.63) is 5.01 Å². The van der Waals surface area contributed by atoms with Gasteiger partial charge in [-0.15, -0.1) is 10.2 Å². The third kappa shape index (κ3) is 3.01. The molecule has 0 atom stereocenters. The molecule has 2 amide bonds. The molecular formula is C11H16N4O3S. The first-order chi connectivity index (χ1) is 9.05. The van der Waals surface area contributed by atoms with Crippen molar-refractivity contribution in [2.75, 3.05) is 11.9 Å². The second-order valence-electron chi connectivity index (χ2n) is 4.60. The number of carbonyl (C=O) groups excluding carboxylic acids is 1. The Labute approximate surface area is 114 Å². The zero-order valence-electron chi connectivity index (χ0n) is 10.6. The summed E-state index contributed by atoms with van der Waals surface area (Å²) in [5.74, 6) is -0.844. The summed E-state index contributed by atoms with van der Waals surface area (Å²) in [5, 5.41) is 23.3. The number of carboxylic acid groups (broad SMARTS) is 1. The highest BCUT2D eigenvalue weighted by molar-refractivity contribution is 7.15. The van der Waals surface area contributed by atoms with Crippen LogP contribution in [0.5, 0.6) is 0 Å². The van der Waals surface area contributed by atoms with Gasteiger partial charge >= 0.3 is 12.0 Å². The van der Waals surface area contributed by atoms with Crippen molar-refractivity contribution in [2.24, 2.45) is 5.41 Å². The average molecular weight is 284 g/mol. The number of carbonyl (C=O) groups is 2. The van der Waals surface area contributed by atoms with E-state index in [1.54, 1.807) is 0 Å². The Morgan fingerprint density at radius 3 is 2.63 bits per heavy atom. The molecule has 0 unspecified atom stereocenters. The third-order valence-corrected chi connectivity index (χ3v) is 4.32. The minimum atomic E-state index is -0.844. The Balaban J connectivity index is 1.83. The van der Waals surface area contributed by atoms with E-state index in [9.17, 15) is 9.59 Å². The smallest absolute Gasteiger partial charge is 0.321 e. The first-order valence-corrected chi connectivity index (χ1v) is 6.98. The maximum Gasteiger partial charge on any atom is 0.321 e. The molecule has 0 bridgehead atoms. The molecule has 0 spiro atoms. The zero-order valence-corrected chi connectivity index (χ0v) is 11.4. The van der Waals surface area contributed by atoms with Gasteiger partial charge in [0.2, 0.25) is 5.13 Å². The summed E-state index contributed by atoms with van der Waals surface area (Å²) in [4.78, 5) is 22.8. The van der Waals surface area contributed by atoms with Gasteiger partial charge in [0.1, 0.15) is 5.01 Å². The van der Waals surface area contributed by atoms with Crippen LogP contribution in [-0.2, 0) is 11.2 Å². The molecule has 0 aromatic carbocycles. The van der Waals surface area contributed by atoms with Crippen LogP contribution < -0.4 is 10.6 Å². The van der Waals surface area contributed by atoms with Crippen molar-refractivity contribution in [1.82, 2.24) is 15.5 Å². The van der Waals surface area contributed by atoms with E-state index < -0.39 is 17.4 Å². The number of rotatable bonds is 5. The van der Waals surface area contributed by atoms with E-state index in [0.29, 0.717) is 18.0 Å². The van der Waals surface area contributed by atoms with E-state index in [-0.39, 0.29) is 6.54 Å². The van der Waals surface area contributed by atoms with Crippen molar-refractivity contribution in [3.8, 4) is 0 Å². The van der Waals surface area contributed by atoms with Gasteiger partial charge < -0.3 is 10.4 Å². The van der Waals surface area contributed by atoms with Gasteiger partial charge in [-0.05, 0) is 19.3 Å². The fraction of sp³-hybridized carbons (Fsp3) is 0.636. The van der Waals surface area contributed by atoms with Gasteiger partial charge in [0, 0.05) is 6.54 Å². The molecule has 104 valence electrons. The number of urea groups is 1. The average Bonchev–Trinajstić information content (AvgIpc) is 2.74. The molecule has 8 heteroatoms. The van der Waals surface area contributed by atoms with E-state index >= 15 is 0 Å². The molecule has 7 nitrogen and oxygen atoms in total. The SMILES string of the molecule is CCc1nnc(NC(=O)NCC2(C(=O)O)CCC2)s1. The van der Waals surface area contributed by atoms with Crippen LogP contribution in [0.25, 0.3) is 0 Å². The van der Waals surface area contributed by atoms with Gasteiger partial charge in [-0.2, -0.15) is 0 Å². The molecule has 1 aliphatic rings. The highest BCUT2D eigenvalue weighted by Crippen LogP contribution is 2.40. The molecule has 1 saturated carbocycles. The maximum absolute atomic E-state index is 11.6. The quantitative estimate of drug-likeness (QED) is 0.759. The van der Waals surface area contributed by atoms with E-state index in [4.69, 9.17) is 5.11 Å². The lowest BCUT2D eigenvalue weighted by molar-refractivity contribution is -0.153. The third-order valence-electron chi connectivity index (χ3n) is 3.34. The Morgan fingerprint density at radius 1 is 1.42 bits per heavy atom. The molecule has 1 heterocycles. The number of nitrogens with zero attached hydrogens (tertiary/aromatic N) is 2. The van der Waals surface area contributed by atoms with Crippen LogP contribution in [0.4, 0.5) is 9.93 Å². The zero-order chi connectivity index (χ0) is 13.9. The van der Waals surface area contributed by atoms with Crippen molar-refractivity contribution in [2.45, 2.75) is 32.6 Å². The lowest BCUT2D eigenvalue weighted by Gasteiger charge is -2.37. The van der Waals surface area contributed by atoms with Gasteiger partial charge in [0.05, 0.1) is 5.41 Å². The number of hydrogen-bond donors (Lipinski definition) is 3. The lowest BCUT2D eigenvalue weighted by Crippen LogP contribution is -2.48. The second kappa shape index (κ2) is 5.52. The number of amides is 2. The number of hydrogen-bond acceptors (Lipinski definition) is 5. The molecule has 0 saturated heterocycles. The van der Waals surface area contributed by atoms with Crippen molar-refractivity contribution in [1.29, 1.82) is 0 Å². The summed E-state index contributed by atoms with van der Waals surface area (Å²) in [6, 6.07) is -0.439. The maximum atomic E-state index is 11.6. The number of aliphatic carboxylic acids is 1. The molecule has 1 aromatic rings. The minimum absolute atomic E-state index is 0.146. The number of carboxylic acids is 1. The van der Waals surface area contributed by atoms with Crippen LogP contribution in [0.1, 0.15) is 31.2 Å². The van der Waals surface area contributed by atoms with Crippen LogP contribution in [0.15, 0.2) is 0 Å². The number of aromatic nitrogens is 2. The topological polar surface area (TPSA) is 104 Å². The van der Waals surface area contributed by atoms with Crippen LogP contribution in [0, 0.1) is 5.41 Å². The molecule has 3 N–H and O–H groups in total. The summed E-state index contributed by atoms with van der Waals surface area (Å²) in [7, 11) is 0. The largest absolute Gasteiger partial charge is 0.481 e. The first-order valence-electron chi connectivity index (χ1n) is 6.16. The number of nitrogens with one attached hydrogen (secondary N) is 2. The summed E-state index contributed by atoms with van der Waals surface area (Å²) in [6.07, 6.45) is 2.89. The highest BCUT2D eigenvalue weighted by Gasteiger charge is 2.44. The van der Waals surface area contributed by atoms with Crippen molar-refractivity contribution < 1.29 is 14.7 Å². The van der Waals surface area contributed by atoms with Crippen LogP contribution in [-0.4, -0.2) is 33.8 Å². The monoisotopic (exact) mass is 284 g/mol. The molecule has 19 heavy (non-hydrogen) atoms. The Kier molecular flexibility index (Phi) is 3.98. The fourth-order valence-electron chi connectivity index (χ4n) is 1.91. The number of anilines is 1. The molecule has 1 aliphatic carbocycles. The van der Waals surface area contributed by atoms with E-state index in [2.05, 4.69) is 20.8 Å².